The third-order valence-corrected chi connectivity index (χ3v) is 8.68. The summed E-state index contributed by atoms with van der Waals surface area (Å²) < 4.78 is 27.6. The standard InChI is InChI=1S/C31H35Cl2NO12/c1-13(8-9-42-27-16(32)4-3-5-17(27)33)26-24(39)25(40)31(46-26)45-19-7-6-15(11-18(19)35)10-14(2)30(41)34-20-21(36)23(38)29-28(22(20)37)43-12-44-29/h3-8,10-11,20-26,28-29,31,35-40H,9,12H2,1-2H3,(H,34,41)/b13-8+,14-10+/t20-,21+,22-,23-,24+,25+,26-,28+,29-,31-/m1/s1. The van der Waals surface area contributed by atoms with Gasteiger partial charge in [0.25, 0.3) is 0 Å². The fourth-order valence-corrected chi connectivity index (χ4v) is 6.00. The molecule has 7 N–H and O–H groups in total. The summed E-state index contributed by atoms with van der Waals surface area (Å²) in [5.74, 6) is -0.717. The number of ether oxygens (including phenoxy) is 5. The first-order valence-electron chi connectivity index (χ1n) is 14.4. The summed E-state index contributed by atoms with van der Waals surface area (Å²) in [5.41, 5.74) is 1.11. The Labute approximate surface area is 274 Å². The van der Waals surface area contributed by atoms with E-state index in [2.05, 4.69) is 5.32 Å². The molecule has 2 aliphatic heterocycles. The zero-order valence-corrected chi connectivity index (χ0v) is 26.2. The number of hydrogen-bond acceptors (Lipinski definition) is 12. The van der Waals surface area contributed by atoms with Crippen LogP contribution in [0.1, 0.15) is 19.4 Å². The molecule has 1 amide bonds. The molecule has 0 spiro atoms. The van der Waals surface area contributed by atoms with E-state index in [1.54, 1.807) is 31.2 Å². The van der Waals surface area contributed by atoms with Gasteiger partial charge in [-0.2, -0.15) is 0 Å². The Bertz CT molecular complexity index is 1470. The molecule has 0 radical (unpaired) electrons. The molecule has 3 aliphatic rings. The van der Waals surface area contributed by atoms with Crippen LogP contribution in [0.4, 0.5) is 0 Å². The minimum atomic E-state index is -1.50. The van der Waals surface area contributed by atoms with Crippen LogP contribution in [-0.2, 0) is 19.0 Å². The highest BCUT2D eigenvalue weighted by Gasteiger charge is 2.53. The fourth-order valence-electron chi connectivity index (χ4n) is 5.50. The summed E-state index contributed by atoms with van der Waals surface area (Å²) in [6.07, 6.45) is -7.97. The zero-order chi connectivity index (χ0) is 33.3. The summed E-state index contributed by atoms with van der Waals surface area (Å²) in [7, 11) is 0. The normalized spacial score (nSPS) is 33.1. The molecule has 46 heavy (non-hydrogen) atoms. The maximum atomic E-state index is 12.9. The summed E-state index contributed by atoms with van der Waals surface area (Å²) in [6, 6.07) is 7.98. The van der Waals surface area contributed by atoms with Gasteiger partial charge in [0.2, 0.25) is 12.2 Å². The second-order valence-electron chi connectivity index (χ2n) is 11.2. The SMILES string of the molecule is C/C(=C\c1ccc(O[C@@H]2O[C@H](/C(C)=C/COc3c(Cl)cccc3Cl)[C@@H](O)[C@@H]2O)c(O)c1)C(=O)N[C@@H]1[C@H](O)[C@@H](O)[C@H]2OCO[C@H]2[C@@H]1O. The number of rotatable bonds is 9. The molecular weight excluding hydrogens is 649 g/mol. The molecule has 2 heterocycles. The average molecular weight is 685 g/mol. The Morgan fingerprint density at radius 2 is 1.63 bits per heavy atom. The van der Waals surface area contributed by atoms with E-state index in [1.807, 2.05) is 0 Å². The third-order valence-electron chi connectivity index (χ3n) is 8.09. The van der Waals surface area contributed by atoms with E-state index in [1.165, 1.54) is 31.2 Å². The van der Waals surface area contributed by atoms with Crippen molar-refractivity contribution in [2.24, 2.45) is 0 Å². The molecule has 250 valence electrons. The zero-order valence-electron chi connectivity index (χ0n) is 24.7. The highest BCUT2D eigenvalue weighted by molar-refractivity contribution is 6.37. The number of aromatic hydroxyl groups is 1. The number of aliphatic hydroxyl groups is 5. The number of amides is 1. The summed E-state index contributed by atoms with van der Waals surface area (Å²) in [4.78, 5) is 12.9. The van der Waals surface area contributed by atoms with Crippen LogP contribution in [0.5, 0.6) is 17.2 Å². The van der Waals surface area contributed by atoms with Crippen LogP contribution in [0, 0.1) is 0 Å². The summed E-state index contributed by atoms with van der Waals surface area (Å²) >= 11 is 12.2. The van der Waals surface area contributed by atoms with Crippen LogP contribution in [0.15, 0.2) is 53.6 Å². The highest BCUT2D eigenvalue weighted by atomic mass is 35.5. The second-order valence-corrected chi connectivity index (χ2v) is 12.1. The Hall–Kier alpha value is -2.95. The van der Waals surface area contributed by atoms with Crippen LogP contribution < -0.4 is 14.8 Å². The van der Waals surface area contributed by atoms with Gasteiger partial charge in [-0.25, -0.2) is 0 Å². The van der Waals surface area contributed by atoms with Gasteiger partial charge < -0.3 is 59.6 Å². The molecule has 13 nitrogen and oxygen atoms in total. The number of hydrogen-bond donors (Lipinski definition) is 7. The lowest BCUT2D eigenvalue weighted by molar-refractivity contribution is -0.155. The molecule has 2 aromatic rings. The van der Waals surface area contributed by atoms with Gasteiger partial charge in [-0.3, -0.25) is 4.79 Å². The van der Waals surface area contributed by atoms with Gasteiger partial charge >= 0.3 is 0 Å². The predicted molar refractivity (Wildman–Crippen MR) is 163 cm³/mol. The summed E-state index contributed by atoms with van der Waals surface area (Å²) in [5, 5.41) is 66.4. The number of carbonyl (C=O) groups excluding carboxylic acids is 1. The number of nitrogens with one attached hydrogen (secondary N) is 1. The molecule has 1 saturated carbocycles. The van der Waals surface area contributed by atoms with E-state index < -0.39 is 67.1 Å². The molecule has 10 atom stereocenters. The number of benzene rings is 2. The molecule has 0 unspecified atom stereocenters. The molecule has 2 aromatic carbocycles. The van der Waals surface area contributed by atoms with Gasteiger partial charge in [0.1, 0.15) is 62.2 Å². The lowest BCUT2D eigenvalue weighted by Crippen LogP contribution is -2.67. The van der Waals surface area contributed by atoms with Crippen LogP contribution in [-0.4, -0.2) is 111 Å². The van der Waals surface area contributed by atoms with Crippen LogP contribution in [0.3, 0.4) is 0 Å². The number of para-hydroxylation sites is 1. The van der Waals surface area contributed by atoms with Crippen molar-refractivity contribution >= 4 is 35.2 Å². The Morgan fingerprint density at radius 3 is 2.30 bits per heavy atom. The lowest BCUT2D eigenvalue weighted by atomic mass is 9.83. The van der Waals surface area contributed by atoms with E-state index >= 15 is 0 Å². The Morgan fingerprint density at radius 1 is 0.957 bits per heavy atom. The number of phenolic OH excluding ortho intramolecular Hbond substituents is 1. The number of carbonyl (C=O) groups is 1. The summed E-state index contributed by atoms with van der Waals surface area (Å²) in [6.45, 7) is 3.08. The third kappa shape index (κ3) is 7.14. The molecule has 15 heteroatoms. The van der Waals surface area contributed by atoms with Crippen LogP contribution in [0.25, 0.3) is 6.08 Å². The first-order valence-corrected chi connectivity index (χ1v) is 15.1. The van der Waals surface area contributed by atoms with E-state index in [-0.39, 0.29) is 30.5 Å². The van der Waals surface area contributed by atoms with E-state index in [9.17, 15) is 35.4 Å². The molecular formula is C31H35Cl2NO12. The molecule has 0 aromatic heterocycles. The number of fused-ring (bicyclic) bond motifs is 1. The molecule has 3 fully saturated rings. The van der Waals surface area contributed by atoms with E-state index in [0.717, 1.165) is 0 Å². The Kier molecular flexibility index (Phi) is 10.8. The van der Waals surface area contributed by atoms with Crippen LogP contribution >= 0.6 is 23.2 Å². The maximum Gasteiger partial charge on any atom is 0.247 e. The first-order chi connectivity index (χ1) is 21.9. The minimum Gasteiger partial charge on any atom is -0.504 e. The first kappa shape index (κ1) is 34.4. The van der Waals surface area contributed by atoms with Crippen LogP contribution in [0.2, 0.25) is 10.0 Å². The van der Waals surface area contributed by atoms with Crippen molar-refractivity contribution in [3.63, 3.8) is 0 Å². The van der Waals surface area contributed by atoms with Gasteiger partial charge in [0.05, 0.1) is 16.1 Å². The molecule has 1 aliphatic carbocycles. The average Bonchev–Trinajstić information content (AvgIpc) is 3.62. The van der Waals surface area contributed by atoms with Crippen molar-refractivity contribution in [3.8, 4) is 17.2 Å². The number of phenols is 1. The van der Waals surface area contributed by atoms with E-state index in [0.29, 0.717) is 26.9 Å². The van der Waals surface area contributed by atoms with E-state index in [4.69, 9.17) is 46.9 Å². The van der Waals surface area contributed by atoms with Gasteiger partial charge in [-0.15, -0.1) is 0 Å². The number of aliphatic hydroxyl groups excluding tert-OH is 5. The van der Waals surface area contributed by atoms with Crippen molar-refractivity contribution in [2.75, 3.05) is 13.4 Å². The van der Waals surface area contributed by atoms with Gasteiger partial charge in [0.15, 0.2) is 17.2 Å². The second kappa shape index (κ2) is 14.4. The van der Waals surface area contributed by atoms with Gasteiger partial charge in [0, 0.05) is 5.57 Å². The topological polar surface area (TPSA) is 197 Å². The lowest BCUT2D eigenvalue weighted by Gasteiger charge is -2.41. The molecule has 0 bridgehead atoms. The van der Waals surface area contributed by atoms with Gasteiger partial charge in [-0.1, -0.05) is 35.3 Å². The number of halogens is 2. The predicted octanol–water partition coefficient (Wildman–Crippen LogP) is 1.28. The fraction of sp³-hybridized carbons (Fsp3) is 0.452. The maximum absolute atomic E-state index is 12.9. The minimum absolute atomic E-state index is 0.0507. The molecule has 2 saturated heterocycles. The van der Waals surface area contributed by atoms with Crippen molar-refractivity contribution < 1.29 is 59.1 Å². The van der Waals surface area contributed by atoms with Crippen molar-refractivity contribution in [3.05, 3.63) is 69.2 Å². The monoisotopic (exact) mass is 683 g/mol. The quantitative estimate of drug-likeness (QED) is 0.148. The molecule has 5 rings (SSSR count). The van der Waals surface area contributed by atoms with Gasteiger partial charge in [-0.05, 0) is 61.4 Å². The Balaban J connectivity index is 1.19. The smallest absolute Gasteiger partial charge is 0.247 e. The highest BCUT2D eigenvalue weighted by Crippen LogP contribution is 2.35. The van der Waals surface area contributed by atoms with Crippen molar-refractivity contribution in [1.29, 1.82) is 0 Å². The largest absolute Gasteiger partial charge is 0.504 e. The van der Waals surface area contributed by atoms with Crippen molar-refractivity contribution in [1.82, 2.24) is 5.32 Å². The van der Waals surface area contributed by atoms with Crippen molar-refractivity contribution in [2.45, 2.75) is 75.0 Å².